The third-order valence-electron chi connectivity index (χ3n) is 3.84. The highest BCUT2D eigenvalue weighted by molar-refractivity contribution is 6.30. The van der Waals surface area contributed by atoms with Crippen LogP contribution in [0.5, 0.6) is 0 Å². The maximum absolute atomic E-state index is 12.1. The molecule has 0 aromatic carbocycles. The number of aromatic nitrogens is 4. The van der Waals surface area contributed by atoms with Gasteiger partial charge in [-0.15, -0.1) is 0 Å². The fraction of sp³-hybridized carbons (Fsp3) is 0.500. The number of amides is 1. The van der Waals surface area contributed by atoms with Crippen LogP contribution in [0, 0.1) is 13.8 Å². The zero-order valence-electron chi connectivity index (χ0n) is 14.3. The lowest BCUT2D eigenvalue weighted by Crippen LogP contribution is -2.29. The van der Waals surface area contributed by atoms with Gasteiger partial charge in [0.2, 0.25) is 5.91 Å². The monoisotopic (exact) mass is 351 g/mol. The molecule has 0 aliphatic carbocycles. The minimum atomic E-state index is -0.129. The van der Waals surface area contributed by atoms with E-state index in [1.165, 1.54) is 6.92 Å². The molecule has 0 fully saturated rings. The van der Waals surface area contributed by atoms with Crippen molar-refractivity contribution in [3.05, 3.63) is 34.4 Å². The predicted octanol–water partition coefficient (Wildman–Crippen LogP) is 2.32. The predicted molar refractivity (Wildman–Crippen MR) is 91.3 cm³/mol. The highest BCUT2D eigenvalue weighted by Crippen LogP contribution is 2.19. The maximum Gasteiger partial charge on any atom is 0.222 e. The summed E-state index contributed by atoms with van der Waals surface area (Å²) >= 11 is 5.79. The van der Waals surface area contributed by atoms with Crippen LogP contribution in [0.4, 0.5) is 0 Å². The third-order valence-corrected chi connectivity index (χ3v) is 4.04. The SMILES string of the molecule is CC(=O)c1c(C)nn([C@@H](C)CC(=O)NCCn2cc(Cl)cn2)c1C. The number of carbonyl (C=O) groups excluding carboxylic acids is 2. The number of carbonyl (C=O) groups is 2. The van der Waals surface area contributed by atoms with Crippen molar-refractivity contribution in [1.82, 2.24) is 24.9 Å². The normalized spacial score (nSPS) is 12.2. The molecule has 2 aromatic heterocycles. The molecule has 0 saturated carbocycles. The fourth-order valence-electron chi connectivity index (χ4n) is 2.80. The van der Waals surface area contributed by atoms with Crippen molar-refractivity contribution in [2.45, 2.75) is 46.7 Å². The van der Waals surface area contributed by atoms with Crippen molar-refractivity contribution in [1.29, 1.82) is 0 Å². The van der Waals surface area contributed by atoms with E-state index >= 15 is 0 Å². The van der Waals surface area contributed by atoms with Gasteiger partial charge in [-0.1, -0.05) is 11.6 Å². The van der Waals surface area contributed by atoms with E-state index in [-0.39, 0.29) is 17.7 Å². The van der Waals surface area contributed by atoms with Crippen LogP contribution in [0.15, 0.2) is 12.4 Å². The first-order valence-corrected chi connectivity index (χ1v) is 8.18. The Bertz CT molecular complexity index is 750. The highest BCUT2D eigenvalue weighted by atomic mass is 35.5. The standard InChI is InChI=1S/C16H22ClN5O2/c1-10(22-12(3)16(13(4)23)11(2)20-22)7-15(24)18-5-6-21-9-14(17)8-19-21/h8-10H,5-7H2,1-4H3,(H,18,24)/t10-/m0/s1. The van der Waals surface area contributed by atoms with Crippen molar-refractivity contribution < 1.29 is 9.59 Å². The van der Waals surface area contributed by atoms with Crippen LogP contribution < -0.4 is 5.32 Å². The van der Waals surface area contributed by atoms with E-state index < -0.39 is 0 Å². The van der Waals surface area contributed by atoms with Crippen molar-refractivity contribution >= 4 is 23.3 Å². The van der Waals surface area contributed by atoms with E-state index in [1.54, 1.807) is 21.8 Å². The van der Waals surface area contributed by atoms with Gasteiger partial charge in [0.1, 0.15) is 0 Å². The molecule has 2 rings (SSSR count). The number of rotatable bonds is 7. The smallest absolute Gasteiger partial charge is 0.222 e. The molecule has 1 N–H and O–H groups in total. The molecule has 0 saturated heterocycles. The zero-order chi connectivity index (χ0) is 17.9. The van der Waals surface area contributed by atoms with Gasteiger partial charge in [0.25, 0.3) is 0 Å². The number of aryl methyl sites for hydroxylation is 1. The van der Waals surface area contributed by atoms with Crippen LogP contribution in [-0.4, -0.2) is 37.8 Å². The number of ketones is 1. The average molecular weight is 352 g/mol. The Kier molecular flexibility index (Phi) is 5.77. The third kappa shape index (κ3) is 4.23. The van der Waals surface area contributed by atoms with Crippen molar-refractivity contribution in [3.63, 3.8) is 0 Å². The van der Waals surface area contributed by atoms with Gasteiger partial charge in [0.05, 0.1) is 35.1 Å². The van der Waals surface area contributed by atoms with E-state index in [2.05, 4.69) is 15.5 Å². The summed E-state index contributed by atoms with van der Waals surface area (Å²) in [7, 11) is 0. The number of hydrogen-bond donors (Lipinski definition) is 1. The molecule has 7 nitrogen and oxygen atoms in total. The summed E-state index contributed by atoms with van der Waals surface area (Å²) in [6.07, 6.45) is 3.55. The first-order chi connectivity index (χ1) is 11.3. The molecule has 0 aliphatic rings. The molecule has 1 atom stereocenters. The minimum Gasteiger partial charge on any atom is -0.354 e. The summed E-state index contributed by atoms with van der Waals surface area (Å²) in [4.78, 5) is 23.8. The van der Waals surface area contributed by atoms with Crippen molar-refractivity contribution in [3.8, 4) is 0 Å². The summed E-state index contributed by atoms with van der Waals surface area (Å²) < 4.78 is 3.42. The van der Waals surface area contributed by atoms with Crippen LogP contribution in [0.2, 0.25) is 5.02 Å². The van der Waals surface area contributed by atoms with E-state index in [0.29, 0.717) is 35.8 Å². The van der Waals surface area contributed by atoms with Gasteiger partial charge >= 0.3 is 0 Å². The summed E-state index contributed by atoms with van der Waals surface area (Å²) in [6.45, 7) is 8.13. The summed E-state index contributed by atoms with van der Waals surface area (Å²) in [5.41, 5.74) is 2.13. The Morgan fingerprint density at radius 3 is 2.62 bits per heavy atom. The van der Waals surface area contributed by atoms with Crippen LogP contribution in [0.3, 0.4) is 0 Å². The number of hydrogen-bond acceptors (Lipinski definition) is 4. The molecule has 0 unspecified atom stereocenters. The fourth-order valence-corrected chi connectivity index (χ4v) is 2.96. The van der Waals surface area contributed by atoms with Crippen LogP contribution >= 0.6 is 11.6 Å². The number of halogens is 1. The van der Waals surface area contributed by atoms with Gasteiger partial charge < -0.3 is 5.32 Å². The largest absolute Gasteiger partial charge is 0.354 e. The van der Waals surface area contributed by atoms with Gasteiger partial charge in [0.15, 0.2) is 5.78 Å². The molecule has 2 heterocycles. The number of nitrogens with zero attached hydrogens (tertiary/aromatic N) is 4. The Balaban J connectivity index is 1.89. The summed E-state index contributed by atoms with van der Waals surface area (Å²) in [6, 6.07) is -0.129. The Labute approximate surface area is 146 Å². The van der Waals surface area contributed by atoms with Crippen LogP contribution in [0.25, 0.3) is 0 Å². The second kappa shape index (κ2) is 7.61. The molecule has 24 heavy (non-hydrogen) atoms. The minimum absolute atomic E-state index is 0.00853. The van der Waals surface area contributed by atoms with Gasteiger partial charge in [-0.2, -0.15) is 10.2 Å². The molecule has 0 bridgehead atoms. The van der Waals surface area contributed by atoms with Crippen LogP contribution in [-0.2, 0) is 11.3 Å². The van der Waals surface area contributed by atoms with E-state index in [9.17, 15) is 9.59 Å². The van der Waals surface area contributed by atoms with Gasteiger partial charge in [-0.05, 0) is 27.7 Å². The van der Waals surface area contributed by atoms with Crippen molar-refractivity contribution in [2.24, 2.45) is 0 Å². The van der Waals surface area contributed by atoms with E-state index in [1.807, 2.05) is 20.8 Å². The lowest BCUT2D eigenvalue weighted by molar-refractivity contribution is -0.121. The molecule has 0 spiro atoms. The molecule has 0 radical (unpaired) electrons. The first kappa shape index (κ1) is 18.2. The molecule has 2 aromatic rings. The number of nitrogens with one attached hydrogen (secondary N) is 1. The lowest BCUT2D eigenvalue weighted by Gasteiger charge is -2.14. The molecule has 8 heteroatoms. The molecule has 1 amide bonds. The second-order valence-electron chi connectivity index (χ2n) is 5.87. The van der Waals surface area contributed by atoms with E-state index in [0.717, 1.165) is 5.69 Å². The molecular weight excluding hydrogens is 330 g/mol. The van der Waals surface area contributed by atoms with E-state index in [4.69, 9.17) is 11.6 Å². The zero-order valence-corrected chi connectivity index (χ0v) is 15.1. The van der Waals surface area contributed by atoms with Crippen molar-refractivity contribution in [2.75, 3.05) is 6.54 Å². The quantitative estimate of drug-likeness (QED) is 0.776. The van der Waals surface area contributed by atoms with Crippen LogP contribution in [0.1, 0.15) is 48.1 Å². The lowest BCUT2D eigenvalue weighted by atomic mass is 10.1. The second-order valence-corrected chi connectivity index (χ2v) is 6.31. The maximum atomic E-state index is 12.1. The Hall–Kier alpha value is -2.15. The average Bonchev–Trinajstić information content (AvgIpc) is 3.02. The molecule has 0 aliphatic heterocycles. The topological polar surface area (TPSA) is 81.8 Å². The summed E-state index contributed by atoms with van der Waals surface area (Å²) in [5, 5.41) is 11.9. The first-order valence-electron chi connectivity index (χ1n) is 7.81. The van der Waals surface area contributed by atoms with Gasteiger partial charge in [0, 0.05) is 24.9 Å². The summed E-state index contributed by atoms with van der Waals surface area (Å²) in [5.74, 6) is -0.0801. The Morgan fingerprint density at radius 2 is 2.08 bits per heavy atom. The highest BCUT2D eigenvalue weighted by Gasteiger charge is 2.20. The Morgan fingerprint density at radius 1 is 1.38 bits per heavy atom. The molecule has 130 valence electrons. The van der Waals surface area contributed by atoms with Gasteiger partial charge in [-0.3, -0.25) is 19.0 Å². The van der Waals surface area contributed by atoms with Gasteiger partial charge in [-0.25, -0.2) is 0 Å². The molecular formula is C16H22ClN5O2. The number of Topliss-reactive ketones (excluding diaryl/α,β-unsaturated/α-hetero) is 1.